The Balaban J connectivity index is 0.000000265. The van der Waals surface area contributed by atoms with E-state index < -0.39 is 0 Å². The maximum Gasteiger partial charge on any atom is 0.356 e. The predicted molar refractivity (Wildman–Crippen MR) is 163 cm³/mol. The van der Waals surface area contributed by atoms with Gasteiger partial charge >= 0.3 is 5.97 Å². The summed E-state index contributed by atoms with van der Waals surface area (Å²) < 4.78 is 17.5. The molecule has 0 aliphatic carbocycles. The van der Waals surface area contributed by atoms with Gasteiger partial charge in [0.05, 0.1) is 30.5 Å². The van der Waals surface area contributed by atoms with Gasteiger partial charge in [-0.25, -0.2) is 14.8 Å². The third-order valence-electron chi connectivity index (χ3n) is 5.72. The molecule has 0 unspecified atom stereocenters. The van der Waals surface area contributed by atoms with Crippen LogP contribution in [0.15, 0.2) is 47.7 Å². The molecule has 0 aromatic carbocycles. The molecule has 0 saturated carbocycles. The van der Waals surface area contributed by atoms with E-state index in [2.05, 4.69) is 58.1 Å². The topological polar surface area (TPSA) is 139 Å². The molecular weight excluding hydrogens is 608 g/mol. The first-order valence-electron chi connectivity index (χ1n) is 13.0. The van der Waals surface area contributed by atoms with Gasteiger partial charge in [0.15, 0.2) is 5.82 Å². The SMILES string of the molecule is CN1CCOCC1.CNC(=O)c1nccn1C.COC(=O)c1ccnn1C.Cc1nccn1C.Cc1nn(C)cc1Br. The van der Waals surface area contributed by atoms with Gasteiger partial charge in [-0.15, -0.1) is 0 Å². The minimum Gasteiger partial charge on any atom is -0.464 e. The molecule has 0 atom stereocenters. The summed E-state index contributed by atoms with van der Waals surface area (Å²) in [7, 11) is 12.4. The fourth-order valence-electron chi connectivity index (χ4n) is 3.04. The third kappa shape index (κ3) is 13.2. The minimum absolute atomic E-state index is 0.160. The molecule has 232 valence electrons. The molecular formula is C27H43BrN10O4. The Morgan fingerprint density at radius 1 is 0.976 bits per heavy atom. The van der Waals surface area contributed by atoms with Crippen molar-refractivity contribution in [1.29, 1.82) is 0 Å². The molecule has 14 nitrogen and oxygen atoms in total. The Labute approximate surface area is 255 Å². The first kappa shape index (κ1) is 36.2. The zero-order valence-electron chi connectivity index (χ0n) is 25.9. The number of nitrogens with one attached hydrogen (secondary N) is 1. The van der Waals surface area contributed by atoms with E-state index in [1.165, 1.54) is 11.8 Å². The molecule has 1 saturated heterocycles. The molecule has 1 aliphatic heterocycles. The monoisotopic (exact) mass is 650 g/mol. The number of carbonyl (C=O) groups excluding carboxylic acids is 2. The van der Waals surface area contributed by atoms with Crippen molar-refractivity contribution in [3.63, 3.8) is 0 Å². The molecule has 4 aromatic rings. The first-order chi connectivity index (χ1) is 19.9. The van der Waals surface area contributed by atoms with Crippen LogP contribution in [0.3, 0.4) is 0 Å². The summed E-state index contributed by atoms with van der Waals surface area (Å²) >= 11 is 3.33. The number of aryl methyl sites for hydroxylation is 6. The molecule has 0 spiro atoms. The highest BCUT2D eigenvalue weighted by Crippen LogP contribution is 2.11. The number of morpholine rings is 1. The van der Waals surface area contributed by atoms with Crippen LogP contribution in [-0.2, 0) is 37.7 Å². The van der Waals surface area contributed by atoms with Crippen LogP contribution >= 0.6 is 15.9 Å². The molecule has 15 heteroatoms. The number of carbonyl (C=O) groups is 2. The van der Waals surface area contributed by atoms with Gasteiger partial charge in [-0.1, -0.05) is 0 Å². The van der Waals surface area contributed by atoms with Gasteiger partial charge in [-0.2, -0.15) is 10.2 Å². The van der Waals surface area contributed by atoms with Gasteiger partial charge in [0, 0.05) is 85.5 Å². The fourth-order valence-corrected chi connectivity index (χ4v) is 3.42. The number of aromatic nitrogens is 8. The summed E-state index contributed by atoms with van der Waals surface area (Å²) in [6.07, 6.45) is 10.5. The normalized spacial score (nSPS) is 12.1. The Morgan fingerprint density at radius 2 is 1.60 bits per heavy atom. The summed E-state index contributed by atoms with van der Waals surface area (Å²) in [6.45, 7) is 7.96. The number of hydrogen-bond donors (Lipinski definition) is 1. The number of esters is 1. The van der Waals surface area contributed by atoms with Crippen molar-refractivity contribution in [2.75, 3.05) is 47.5 Å². The van der Waals surface area contributed by atoms with Crippen LogP contribution in [0, 0.1) is 13.8 Å². The van der Waals surface area contributed by atoms with Crippen LogP contribution < -0.4 is 5.32 Å². The maximum absolute atomic E-state index is 10.9. The molecule has 42 heavy (non-hydrogen) atoms. The number of amides is 1. The lowest BCUT2D eigenvalue weighted by molar-refractivity contribution is 0.0503. The van der Waals surface area contributed by atoms with Gasteiger partial charge in [-0.3, -0.25) is 14.2 Å². The standard InChI is InChI=1S/C6H9N3O.C6H8N2O2.C5H7BrN2.C5H8N2.C5H11NO/c1-7-6(10)5-8-3-4-9(5)2;1-8-5(3-4-7-8)6(9)10-2;1-4-5(6)3-8(2)7-4;1-5-6-3-4-7(5)2;1-6-2-4-7-5-3-6/h3-4H,1-2H3,(H,7,10);3-4H,1-2H3;3H,1-2H3;3-4H,1-2H3;2-5H2,1H3. The molecule has 0 bridgehead atoms. The number of imidazole rings is 2. The number of nitrogens with zero attached hydrogens (tertiary/aromatic N) is 9. The van der Waals surface area contributed by atoms with E-state index in [0.717, 1.165) is 42.3 Å². The maximum atomic E-state index is 10.9. The summed E-state index contributed by atoms with van der Waals surface area (Å²) in [5.41, 5.74) is 1.50. The summed E-state index contributed by atoms with van der Waals surface area (Å²) in [5.74, 6) is 0.968. The summed E-state index contributed by atoms with van der Waals surface area (Å²) in [4.78, 5) is 31.8. The van der Waals surface area contributed by atoms with Gasteiger partial charge in [0.25, 0.3) is 5.91 Å². The van der Waals surface area contributed by atoms with Crippen molar-refractivity contribution in [2.45, 2.75) is 13.8 Å². The molecule has 1 amide bonds. The van der Waals surface area contributed by atoms with Crippen molar-refractivity contribution >= 4 is 27.8 Å². The number of methoxy groups -OCH3 is 1. The van der Waals surface area contributed by atoms with Gasteiger partial charge in [0.1, 0.15) is 11.5 Å². The Bertz CT molecular complexity index is 1250. The highest BCUT2D eigenvalue weighted by Gasteiger charge is 2.08. The van der Waals surface area contributed by atoms with Gasteiger partial charge in [-0.05, 0) is 42.9 Å². The van der Waals surface area contributed by atoms with E-state index in [4.69, 9.17) is 4.74 Å². The van der Waals surface area contributed by atoms with E-state index in [1.807, 2.05) is 44.9 Å². The minimum atomic E-state index is -0.361. The van der Waals surface area contributed by atoms with Crippen molar-refractivity contribution in [3.05, 3.63) is 70.8 Å². The molecule has 5 rings (SSSR count). The van der Waals surface area contributed by atoms with Gasteiger partial charge in [0.2, 0.25) is 0 Å². The van der Waals surface area contributed by atoms with Crippen molar-refractivity contribution < 1.29 is 19.1 Å². The summed E-state index contributed by atoms with van der Waals surface area (Å²) in [5, 5.41) is 10.4. The second-order valence-electron chi connectivity index (χ2n) is 9.01. The van der Waals surface area contributed by atoms with Crippen molar-refractivity contribution in [3.8, 4) is 0 Å². The Morgan fingerprint density at radius 3 is 1.88 bits per heavy atom. The zero-order valence-corrected chi connectivity index (χ0v) is 27.5. The van der Waals surface area contributed by atoms with Crippen LogP contribution in [-0.4, -0.2) is 103 Å². The van der Waals surface area contributed by atoms with E-state index in [-0.39, 0.29) is 11.9 Å². The van der Waals surface area contributed by atoms with Crippen LogP contribution in [0.4, 0.5) is 0 Å². The average Bonchev–Trinajstić information content (AvgIpc) is 3.75. The van der Waals surface area contributed by atoms with E-state index in [9.17, 15) is 9.59 Å². The van der Waals surface area contributed by atoms with Crippen LogP contribution in [0.2, 0.25) is 0 Å². The molecule has 4 aromatic heterocycles. The van der Waals surface area contributed by atoms with Crippen LogP contribution in [0.25, 0.3) is 0 Å². The zero-order chi connectivity index (χ0) is 31.7. The van der Waals surface area contributed by atoms with Crippen molar-refractivity contribution in [2.24, 2.45) is 28.2 Å². The highest BCUT2D eigenvalue weighted by atomic mass is 79.9. The largest absolute Gasteiger partial charge is 0.464 e. The molecule has 1 aliphatic rings. The number of hydrogen-bond acceptors (Lipinski definition) is 9. The number of rotatable bonds is 2. The smallest absolute Gasteiger partial charge is 0.356 e. The fraction of sp³-hybridized carbons (Fsp3) is 0.481. The predicted octanol–water partition coefficient (Wildman–Crippen LogP) is 2.15. The molecule has 1 N–H and O–H groups in total. The second kappa shape index (κ2) is 19.3. The van der Waals surface area contributed by atoms with E-state index in [0.29, 0.717) is 11.5 Å². The quantitative estimate of drug-likeness (QED) is 0.323. The number of likely N-dealkylation sites (N-methyl/N-ethyl adjacent to an activating group) is 1. The third-order valence-corrected chi connectivity index (χ3v) is 6.50. The average molecular weight is 652 g/mol. The number of ether oxygens (including phenoxy) is 2. The van der Waals surface area contributed by atoms with Crippen LogP contribution in [0.5, 0.6) is 0 Å². The highest BCUT2D eigenvalue weighted by molar-refractivity contribution is 9.10. The van der Waals surface area contributed by atoms with Crippen molar-refractivity contribution in [1.82, 2.24) is 48.9 Å². The Hall–Kier alpha value is -3.82. The summed E-state index contributed by atoms with van der Waals surface area (Å²) in [6, 6.07) is 1.60. The van der Waals surface area contributed by atoms with E-state index in [1.54, 1.807) is 61.2 Å². The molecule has 1 fully saturated rings. The first-order valence-corrected chi connectivity index (χ1v) is 13.8. The van der Waals surface area contributed by atoms with Crippen LogP contribution in [0.1, 0.15) is 32.6 Å². The molecule has 0 radical (unpaired) electrons. The lowest BCUT2D eigenvalue weighted by atomic mass is 10.4. The van der Waals surface area contributed by atoms with E-state index >= 15 is 0 Å². The molecule has 5 heterocycles. The lowest BCUT2D eigenvalue weighted by Gasteiger charge is -2.21. The van der Waals surface area contributed by atoms with Gasteiger partial charge < -0.3 is 28.8 Å². The number of halogens is 1. The lowest BCUT2D eigenvalue weighted by Crippen LogP contribution is -2.32. The Kier molecular flexibility index (Phi) is 16.7. The second-order valence-corrected chi connectivity index (χ2v) is 9.86.